The third kappa shape index (κ3) is 17.5. The zero-order valence-electron chi connectivity index (χ0n) is 54.7. The van der Waals surface area contributed by atoms with E-state index in [0.29, 0.717) is 23.7 Å². The number of hydrogen-bond donors (Lipinski definition) is 2. The van der Waals surface area contributed by atoms with Crippen LogP contribution in [0.1, 0.15) is 88.4 Å². The number of hydrogen-bond acceptors (Lipinski definition) is 23. The number of methoxy groups -OCH3 is 1. The molecule has 23 heteroatoms. The van der Waals surface area contributed by atoms with Crippen molar-refractivity contribution in [2.45, 2.75) is 109 Å². The first-order chi connectivity index (χ1) is 46.9. The van der Waals surface area contributed by atoms with Gasteiger partial charge in [-0.05, 0) is 132 Å². The van der Waals surface area contributed by atoms with Gasteiger partial charge in [0.25, 0.3) is 0 Å². The van der Waals surface area contributed by atoms with Gasteiger partial charge in [-0.2, -0.15) is 0 Å². The summed E-state index contributed by atoms with van der Waals surface area (Å²) in [7, 11) is 1.66. The highest BCUT2D eigenvalue weighted by molar-refractivity contribution is 5.87. The van der Waals surface area contributed by atoms with Crippen molar-refractivity contribution in [3.8, 4) is 23.0 Å². The van der Waals surface area contributed by atoms with Crippen LogP contribution in [0.4, 0.5) is 28.7 Å². The first-order valence-corrected chi connectivity index (χ1v) is 34.1. The maximum atomic E-state index is 6.53. The third-order valence-electron chi connectivity index (χ3n) is 19.1. The summed E-state index contributed by atoms with van der Waals surface area (Å²) >= 11 is 0. The molecule has 9 heterocycles. The summed E-state index contributed by atoms with van der Waals surface area (Å²) in [6.45, 7) is 13.7. The number of anilines is 5. The van der Waals surface area contributed by atoms with Crippen LogP contribution in [-0.2, 0) is 20.6 Å². The quantitative estimate of drug-likeness (QED) is 0.0811. The average molecular weight is 1290 g/mol. The maximum Gasteiger partial charge on any atom is 0.222 e. The summed E-state index contributed by atoms with van der Waals surface area (Å²) in [6, 6.07) is 16.5. The fourth-order valence-corrected chi connectivity index (χ4v) is 13.7. The van der Waals surface area contributed by atoms with E-state index in [0.717, 1.165) is 266 Å². The van der Waals surface area contributed by atoms with E-state index in [2.05, 4.69) is 117 Å². The number of rotatable bonds is 18. The van der Waals surface area contributed by atoms with Crippen molar-refractivity contribution in [1.29, 1.82) is 0 Å². The van der Waals surface area contributed by atoms with Crippen molar-refractivity contribution in [2.24, 2.45) is 17.8 Å². The van der Waals surface area contributed by atoms with Crippen LogP contribution < -0.4 is 44.3 Å². The van der Waals surface area contributed by atoms with Gasteiger partial charge in [-0.1, -0.05) is 0 Å². The number of ether oxygens (including phenoxy) is 7. The van der Waals surface area contributed by atoms with Gasteiger partial charge in [-0.25, -0.2) is 24.9 Å². The lowest BCUT2D eigenvalue weighted by Crippen LogP contribution is -2.36. The minimum atomic E-state index is 0.199. The molecule has 0 atom stereocenters. The predicted octanol–water partition coefficient (Wildman–Crippen LogP) is 11.0. The molecule has 0 radical (unpaired) electrons. The minimum Gasteiger partial charge on any atom is -0.495 e. The minimum absolute atomic E-state index is 0.199. The van der Waals surface area contributed by atoms with Gasteiger partial charge in [-0.15, -0.1) is 0 Å². The summed E-state index contributed by atoms with van der Waals surface area (Å²) < 4.78 is 41.4. The molecule has 6 aromatic heterocycles. The number of fused-ring (bicyclic) bond motifs is 3. The Bertz CT molecular complexity index is 3880. The molecule has 0 unspecified atom stereocenters. The van der Waals surface area contributed by atoms with Crippen molar-refractivity contribution in [3.63, 3.8) is 0 Å². The Kier molecular flexibility index (Phi) is 22.1. The molecule has 23 nitrogen and oxygen atoms in total. The largest absolute Gasteiger partial charge is 0.495 e. The summed E-state index contributed by atoms with van der Waals surface area (Å²) in [4.78, 5) is 55.9. The Morgan fingerprint density at radius 2 is 0.821 bits per heavy atom. The van der Waals surface area contributed by atoms with Crippen molar-refractivity contribution in [1.82, 2.24) is 54.8 Å². The molecule has 0 bridgehead atoms. The Morgan fingerprint density at radius 3 is 1.25 bits per heavy atom. The zero-order chi connectivity index (χ0) is 64.4. The molecule has 3 aliphatic carbocycles. The molecule has 3 saturated carbocycles. The van der Waals surface area contributed by atoms with E-state index in [-0.39, 0.29) is 18.3 Å². The van der Waals surface area contributed by atoms with Gasteiger partial charge in [0, 0.05) is 156 Å². The summed E-state index contributed by atoms with van der Waals surface area (Å²) in [5.74, 6) is 5.87. The van der Waals surface area contributed by atoms with Crippen LogP contribution in [0.5, 0.6) is 23.0 Å². The van der Waals surface area contributed by atoms with Gasteiger partial charge in [0.05, 0.1) is 111 Å². The average Bonchev–Trinajstić information content (AvgIpc) is 0.855. The third-order valence-corrected chi connectivity index (χ3v) is 19.1. The lowest BCUT2D eigenvalue weighted by molar-refractivity contribution is 0.122. The second kappa shape index (κ2) is 32.5. The highest BCUT2D eigenvalue weighted by Crippen LogP contribution is 2.38. The van der Waals surface area contributed by atoms with Gasteiger partial charge in [0.1, 0.15) is 39.5 Å². The molecule has 9 aromatic rings. The first kappa shape index (κ1) is 64.8. The number of nitrogens with one attached hydrogen (secondary N) is 2. The zero-order valence-corrected chi connectivity index (χ0v) is 54.7. The Labute approximate surface area is 555 Å². The van der Waals surface area contributed by atoms with Gasteiger partial charge in [0.15, 0.2) is 0 Å². The van der Waals surface area contributed by atoms with Crippen LogP contribution in [0, 0.1) is 24.7 Å². The molecule has 6 aliphatic rings. The molecular formula is C72H88N16O7. The highest BCUT2D eigenvalue weighted by atomic mass is 16.5. The highest BCUT2D eigenvalue weighted by Gasteiger charge is 2.29. The Hall–Kier alpha value is -8.93. The molecular weight excluding hydrogens is 1200 g/mol. The molecule has 3 saturated heterocycles. The number of pyridine rings is 1. The Balaban J connectivity index is 0.000000129. The monoisotopic (exact) mass is 1290 g/mol. The molecule has 3 aromatic carbocycles. The van der Waals surface area contributed by atoms with Gasteiger partial charge < -0.3 is 58.5 Å². The molecule has 0 spiro atoms. The van der Waals surface area contributed by atoms with Crippen molar-refractivity contribution in [2.75, 3.05) is 124 Å². The lowest BCUT2D eigenvalue weighted by atomic mass is 9.84. The molecule has 95 heavy (non-hydrogen) atoms. The van der Waals surface area contributed by atoms with E-state index in [1.54, 1.807) is 75.3 Å². The van der Waals surface area contributed by atoms with E-state index >= 15 is 0 Å². The second-order valence-electron chi connectivity index (χ2n) is 25.4. The molecule has 498 valence electrons. The van der Waals surface area contributed by atoms with E-state index in [9.17, 15) is 0 Å². The topological polar surface area (TPSA) is 240 Å². The van der Waals surface area contributed by atoms with Gasteiger partial charge in [-0.3, -0.25) is 29.9 Å². The summed E-state index contributed by atoms with van der Waals surface area (Å²) in [6.07, 6.45) is 35.7. The van der Waals surface area contributed by atoms with E-state index in [1.807, 2.05) is 25.3 Å². The molecule has 0 amide bonds. The lowest BCUT2D eigenvalue weighted by Gasteiger charge is -2.31. The fraction of sp³-hybridized carbons (Fsp3) is 0.486. The van der Waals surface area contributed by atoms with Gasteiger partial charge in [0.2, 0.25) is 5.95 Å². The van der Waals surface area contributed by atoms with Crippen molar-refractivity contribution in [3.05, 3.63) is 134 Å². The van der Waals surface area contributed by atoms with Crippen LogP contribution >= 0.6 is 0 Å². The normalized spacial score (nSPS) is 21.6. The number of nitrogens with zero attached hydrogens (tertiary/aromatic N) is 14. The van der Waals surface area contributed by atoms with E-state index in [4.69, 9.17) is 33.2 Å². The van der Waals surface area contributed by atoms with Crippen LogP contribution in [0.15, 0.2) is 123 Å². The summed E-state index contributed by atoms with van der Waals surface area (Å²) in [5.41, 5.74) is 11.7. The molecule has 15 rings (SSSR count). The predicted molar refractivity (Wildman–Crippen MR) is 367 cm³/mol. The van der Waals surface area contributed by atoms with Gasteiger partial charge >= 0.3 is 0 Å². The number of benzene rings is 3. The number of morpholine rings is 3. The smallest absolute Gasteiger partial charge is 0.222 e. The second-order valence-corrected chi connectivity index (χ2v) is 25.4. The summed E-state index contributed by atoms with van der Waals surface area (Å²) in [5, 5.41) is 6.85. The maximum absolute atomic E-state index is 6.53. The van der Waals surface area contributed by atoms with Crippen molar-refractivity contribution >= 4 is 61.8 Å². The molecule has 3 aliphatic heterocycles. The number of aryl methyl sites for hydroxylation is 1. The fourth-order valence-electron chi connectivity index (χ4n) is 13.7. The standard InChI is InChI=1S/C25H31N5O3.C24H29N5O2.C23H28N6O2/c1-31-22-12-19(16-26-17-22)29-15-18-2-4-21(5-3-18)33-24-14-20(30-8-10-32-11-9-30)13-23-25(24)28-7-6-27-23;1-17-21(26-7-6-25-17)14-18-2-4-20(5-3-18)31-23-16-19(29-10-12-30-13-11-29)15-22-24(23)28-9-8-27-22;1-6-26-23(27-7-1)28-16-17-2-4-19(5-3-17)31-21-15-18(29-10-12-30-13-11-29)14-20-22(21)25-9-8-24-20/h6-7,12-14,16-18,21,29H,2-5,8-11,15H2,1H3;6-9,15-16,18,20H,2-5,10-14H2,1H3;1,6-9,14-15,17,19H,2-5,10-13,16H2,(H,26,27,28). The van der Waals surface area contributed by atoms with Crippen LogP contribution in [0.2, 0.25) is 0 Å². The SMILES string of the molecule is COc1cncc(NCC2CCC(Oc3cc(N4CCOCC4)cc4nccnc34)CC2)c1.Cc1nccnc1CC1CCC(Oc2cc(N3CCOCC3)cc3nccnc23)CC1.c1cnc(NCC2CCC(Oc3cc(N4CCOCC4)cc4nccnc34)CC2)nc1. The van der Waals surface area contributed by atoms with E-state index < -0.39 is 0 Å². The number of aromatic nitrogens is 11. The molecule has 6 fully saturated rings. The first-order valence-electron chi connectivity index (χ1n) is 34.1. The van der Waals surface area contributed by atoms with Crippen LogP contribution in [-0.4, -0.2) is 172 Å². The Morgan fingerprint density at radius 1 is 0.421 bits per heavy atom. The molecule has 2 N–H and O–H groups in total. The van der Waals surface area contributed by atoms with E-state index in [1.165, 1.54) is 0 Å². The van der Waals surface area contributed by atoms with Crippen molar-refractivity contribution < 1.29 is 33.2 Å². The van der Waals surface area contributed by atoms with Crippen LogP contribution in [0.3, 0.4) is 0 Å². The van der Waals surface area contributed by atoms with Crippen LogP contribution in [0.25, 0.3) is 33.1 Å².